The Morgan fingerprint density at radius 2 is 1.70 bits per heavy atom. The van der Waals surface area contributed by atoms with E-state index in [0.717, 1.165) is 0 Å². The predicted octanol–water partition coefficient (Wildman–Crippen LogP) is 3.89. The molecule has 0 amide bonds. The van der Waals surface area contributed by atoms with E-state index in [1.807, 2.05) is 13.8 Å². The van der Waals surface area contributed by atoms with E-state index in [4.69, 9.17) is 18.7 Å². The molecule has 0 aliphatic rings. The third kappa shape index (κ3) is 5.57. The van der Waals surface area contributed by atoms with Gasteiger partial charge in [0.2, 0.25) is 0 Å². The van der Waals surface area contributed by atoms with Crippen LogP contribution in [0.5, 0.6) is 11.5 Å². The van der Waals surface area contributed by atoms with E-state index in [0.29, 0.717) is 23.5 Å². The summed E-state index contributed by atoms with van der Waals surface area (Å²) < 4.78 is 31.5. The van der Waals surface area contributed by atoms with Crippen molar-refractivity contribution in [2.45, 2.75) is 39.6 Å². The number of rotatable bonds is 10. The molecule has 0 aliphatic carbocycles. The van der Waals surface area contributed by atoms with Gasteiger partial charge in [-0.25, -0.2) is 4.57 Å². The molecule has 1 aromatic carbocycles. The zero-order chi connectivity index (χ0) is 17.4. The van der Waals surface area contributed by atoms with Gasteiger partial charge in [0.05, 0.1) is 14.2 Å². The Hall–Kier alpha value is -1.49. The highest BCUT2D eigenvalue weighted by Crippen LogP contribution is 2.31. The molecule has 2 atom stereocenters. The minimum absolute atomic E-state index is 0.224. The summed E-state index contributed by atoms with van der Waals surface area (Å²) >= 11 is 0. The van der Waals surface area contributed by atoms with Crippen LogP contribution in [-0.2, 0) is 13.8 Å². The minimum atomic E-state index is -0.775. The number of methoxy groups -OCH3 is 2. The number of ether oxygens (including phenoxy) is 3. The molecule has 23 heavy (non-hydrogen) atoms. The molecule has 1 aromatic rings. The van der Waals surface area contributed by atoms with Gasteiger partial charge in [-0.15, -0.1) is 0 Å². The van der Waals surface area contributed by atoms with Crippen molar-refractivity contribution in [1.82, 2.24) is 0 Å². The standard InChI is InChI=1S/C16H23O6P/c1-10(2)9-14(21-11(3)22-23-18)16(17)15-12(19-4)7-6-8-13(15)20-5/h6-8,10-11,14H,9H2,1-5H3. The van der Waals surface area contributed by atoms with Crippen LogP contribution in [0.2, 0.25) is 0 Å². The number of Topliss-reactive ketones (excluding diaryl/α,β-unsaturated/α-hetero) is 1. The molecule has 2 unspecified atom stereocenters. The Bertz CT molecular complexity index is 509. The van der Waals surface area contributed by atoms with Crippen LogP contribution in [0, 0.1) is 5.92 Å². The summed E-state index contributed by atoms with van der Waals surface area (Å²) in [5, 5.41) is 0. The topological polar surface area (TPSA) is 71.1 Å². The molecular weight excluding hydrogens is 319 g/mol. The highest BCUT2D eigenvalue weighted by Gasteiger charge is 2.29. The van der Waals surface area contributed by atoms with E-state index < -0.39 is 21.1 Å². The molecule has 0 heterocycles. The summed E-state index contributed by atoms with van der Waals surface area (Å²) in [5.41, 5.74) is 0.329. The van der Waals surface area contributed by atoms with Crippen molar-refractivity contribution in [2.24, 2.45) is 5.92 Å². The molecule has 0 saturated heterocycles. The summed E-state index contributed by atoms with van der Waals surface area (Å²) in [4.78, 5) is 13.0. The van der Waals surface area contributed by atoms with Crippen molar-refractivity contribution < 1.29 is 28.1 Å². The van der Waals surface area contributed by atoms with Gasteiger partial charge in [-0.3, -0.25) is 9.32 Å². The molecule has 7 heteroatoms. The van der Waals surface area contributed by atoms with Gasteiger partial charge in [-0.1, -0.05) is 19.9 Å². The second-order valence-corrected chi connectivity index (χ2v) is 5.76. The lowest BCUT2D eigenvalue weighted by molar-refractivity contribution is -0.0932. The molecule has 0 N–H and O–H groups in total. The molecule has 6 nitrogen and oxygen atoms in total. The Morgan fingerprint density at radius 1 is 1.13 bits per heavy atom. The van der Waals surface area contributed by atoms with Crippen molar-refractivity contribution in [2.75, 3.05) is 14.2 Å². The Morgan fingerprint density at radius 3 is 2.13 bits per heavy atom. The molecule has 0 spiro atoms. The number of hydrogen-bond donors (Lipinski definition) is 0. The highest BCUT2D eigenvalue weighted by atomic mass is 31.1. The fourth-order valence-corrected chi connectivity index (χ4v) is 2.40. The predicted molar refractivity (Wildman–Crippen MR) is 86.4 cm³/mol. The van der Waals surface area contributed by atoms with Crippen LogP contribution in [0.3, 0.4) is 0 Å². The number of ketones is 1. The van der Waals surface area contributed by atoms with Crippen molar-refractivity contribution >= 4 is 14.5 Å². The fraction of sp³-hybridized carbons (Fsp3) is 0.562. The van der Waals surface area contributed by atoms with E-state index in [1.54, 1.807) is 25.1 Å². The van der Waals surface area contributed by atoms with E-state index in [9.17, 15) is 9.36 Å². The Labute approximate surface area is 138 Å². The first-order valence-electron chi connectivity index (χ1n) is 7.33. The summed E-state index contributed by atoms with van der Waals surface area (Å²) in [6, 6.07) is 5.13. The van der Waals surface area contributed by atoms with Gasteiger partial charge in [-0.05, 0) is 31.4 Å². The van der Waals surface area contributed by atoms with Gasteiger partial charge in [-0.2, -0.15) is 0 Å². The number of hydrogen-bond acceptors (Lipinski definition) is 6. The summed E-state index contributed by atoms with van der Waals surface area (Å²) in [6.45, 7) is 5.56. The number of carbonyl (C=O) groups excluding carboxylic acids is 1. The van der Waals surface area contributed by atoms with Crippen molar-refractivity contribution in [3.63, 3.8) is 0 Å². The lowest BCUT2D eigenvalue weighted by Crippen LogP contribution is -2.30. The van der Waals surface area contributed by atoms with Gasteiger partial charge < -0.3 is 14.2 Å². The minimum Gasteiger partial charge on any atom is -0.496 e. The van der Waals surface area contributed by atoms with E-state index >= 15 is 0 Å². The number of carbonyl (C=O) groups is 1. The fourth-order valence-electron chi connectivity index (χ4n) is 2.22. The van der Waals surface area contributed by atoms with E-state index in [2.05, 4.69) is 0 Å². The molecule has 0 aliphatic heterocycles. The Kier molecular flexibility index (Phi) is 8.17. The van der Waals surface area contributed by atoms with Gasteiger partial charge >= 0.3 is 8.69 Å². The summed E-state index contributed by atoms with van der Waals surface area (Å²) in [7, 11) is 2.49. The van der Waals surface area contributed by atoms with Crippen molar-refractivity contribution in [3.05, 3.63) is 23.8 Å². The third-order valence-corrected chi connectivity index (χ3v) is 3.58. The van der Waals surface area contributed by atoms with Gasteiger partial charge in [0.15, 0.2) is 12.1 Å². The van der Waals surface area contributed by atoms with Crippen LogP contribution in [0.4, 0.5) is 0 Å². The smallest absolute Gasteiger partial charge is 0.329 e. The van der Waals surface area contributed by atoms with Crippen LogP contribution >= 0.6 is 8.69 Å². The lowest BCUT2D eigenvalue weighted by atomic mass is 9.97. The van der Waals surface area contributed by atoms with E-state index in [1.165, 1.54) is 14.2 Å². The first-order chi connectivity index (χ1) is 10.9. The molecule has 0 aromatic heterocycles. The second kappa shape index (κ2) is 9.60. The SMILES string of the molecule is COc1cccc(OC)c1C(=O)C(CC(C)C)OC(C)OP=O. The van der Waals surface area contributed by atoms with Crippen LogP contribution in [0.15, 0.2) is 18.2 Å². The largest absolute Gasteiger partial charge is 0.496 e. The van der Waals surface area contributed by atoms with Crippen LogP contribution in [-0.4, -0.2) is 32.4 Å². The average molecular weight is 342 g/mol. The lowest BCUT2D eigenvalue weighted by Gasteiger charge is -2.23. The summed E-state index contributed by atoms with van der Waals surface area (Å²) in [6.07, 6.45) is -1.04. The molecule has 0 bridgehead atoms. The molecule has 0 radical (unpaired) electrons. The Balaban J connectivity index is 3.15. The van der Waals surface area contributed by atoms with Crippen LogP contribution in [0.25, 0.3) is 0 Å². The van der Waals surface area contributed by atoms with E-state index in [-0.39, 0.29) is 11.7 Å². The first kappa shape index (κ1) is 19.6. The van der Waals surface area contributed by atoms with Gasteiger partial charge in [0.1, 0.15) is 23.2 Å². The average Bonchev–Trinajstić information content (AvgIpc) is 2.52. The quantitative estimate of drug-likeness (QED) is 0.365. The maximum Gasteiger partial charge on any atom is 0.329 e. The normalized spacial score (nSPS) is 13.8. The van der Waals surface area contributed by atoms with Gasteiger partial charge in [0, 0.05) is 0 Å². The summed E-state index contributed by atoms with van der Waals surface area (Å²) in [5.74, 6) is 0.803. The maximum absolute atomic E-state index is 13.0. The zero-order valence-electron chi connectivity index (χ0n) is 14.1. The maximum atomic E-state index is 13.0. The molecule has 0 fully saturated rings. The first-order valence-corrected chi connectivity index (χ1v) is 8.06. The third-order valence-electron chi connectivity index (χ3n) is 3.20. The van der Waals surface area contributed by atoms with Crippen LogP contribution < -0.4 is 9.47 Å². The van der Waals surface area contributed by atoms with Crippen molar-refractivity contribution in [3.8, 4) is 11.5 Å². The molecular formula is C16H23O6P. The highest BCUT2D eigenvalue weighted by molar-refractivity contribution is 7.17. The zero-order valence-corrected chi connectivity index (χ0v) is 15.0. The van der Waals surface area contributed by atoms with Crippen LogP contribution in [0.1, 0.15) is 37.6 Å². The molecule has 0 saturated carbocycles. The molecule has 128 valence electrons. The molecule has 1 rings (SSSR count). The monoisotopic (exact) mass is 342 g/mol. The number of benzene rings is 1. The van der Waals surface area contributed by atoms with Crippen molar-refractivity contribution in [1.29, 1.82) is 0 Å². The second-order valence-electron chi connectivity index (χ2n) is 5.40. The van der Waals surface area contributed by atoms with Gasteiger partial charge in [0.25, 0.3) is 0 Å².